The number of amides is 1. The molecule has 3 aromatic rings. The number of nitrogens with zero attached hydrogens (tertiary/aromatic N) is 1. The third kappa shape index (κ3) is 2.94. The van der Waals surface area contributed by atoms with Crippen LogP contribution in [0.5, 0.6) is 0 Å². The predicted octanol–water partition coefficient (Wildman–Crippen LogP) is 4.77. The SMILES string of the molecule is O=CNc1c(C2CCCc3ccccc32)n[nH]c1-c1ccc(Cl)cc1. The van der Waals surface area contributed by atoms with E-state index in [-0.39, 0.29) is 5.92 Å². The van der Waals surface area contributed by atoms with Crippen LogP contribution in [-0.2, 0) is 11.2 Å². The summed E-state index contributed by atoms with van der Waals surface area (Å²) in [5.41, 5.74) is 6.06. The van der Waals surface area contributed by atoms with E-state index in [9.17, 15) is 4.79 Å². The molecule has 0 spiro atoms. The van der Waals surface area contributed by atoms with Crippen LogP contribution in [0.25, 0.3) is 11.3 Å². The van der Waals surface area contributed by atoms with Gasteiger partial charge in [0.25, 0.3) is 0 Å². The van der Waals surface area contributed by atoms with Crippen LogP contribution < -0.4 is 5.32 Å². The fourth-order valence-corrected chi connectivity index (χ4v) is 3.80. The first-order chi connectivity index (χ1) is 12.3. The number of carbonyl (C=O) groups excluding carboxylic acids is 1. The summed E-state index contributed by atoms with van der Waals surface area (Å²) < 4.78 is 0. The van der Waals surface area contributed by atoms with Crippen molar-refractivity contribution in [1.29, 1.82) is 0 Å². The monoisotopic (exact) mass is 351 g/mol. The quantitative estimate of drug-likeness (QED) is 0.665. The molecule has 0 saturated heterocycles. The number of anilines is 1. The first-order valence-electron chi connectivity index (χ1n) is 8.40. The van der Waals surface area contributed by atoms with Gasteiger partial charge < -0.3 is 5.32 Å². The first-order valence-corrected chi connectivity index (χ1v) is 8.78. The summed E-state index contributed by atoms with van der Waals surface area (Å²) in [6.07, 6.45) is 3.95. The Morgan fingerprint density at radius 1 is 1.16 bits per heavy atom. The molecule has 2 N–H and O–H groups in total. The van der Waals surface area contributed by atoms with E-state index in [2.05, 4.69) is 39.8 Å². The lowest BCUT2D eigenvalue weighted by atomic mass is 9.80. The molecule has 1 aliphatic rings. The van der Waals surface area contributed by atoms with Crippen LogP contribution in [0.3, 0.4) is 0 Å². The molecule has 1 unspecified atom stereocenters. The van der Waals surface area contributed by atoms with E-state index >= 15 is 0 Å². The van der Waals surface area contributed by atoms with Gasteiger partial charge in [-0.15, -0.1) is 0 Å². The first kappa shape index (κ1) is 15.9. The van der Waals surface area contributed by atoms with Gasteiger partial charge in [0.2, 0.25) is 6.41 Å². The summed E-state index contributed by atoms with van der Waals surface area (Å²) in [5, 5.41) is 11.2. The summed E-state index contributed by atoms with van der Waals surface area (Å²) in [6.45, 7) is 0. The number of benzene rings is 2. The number of hydrogen-bond donors (Lipinski definition) is 2. The van der Waals surface area contributed by atoms with Gasteiger partial charge in [0.15, 0.2) is 0 Å². The zero-order chi connectivity index (χ0) is 17.2. The molecule has 1 heterocycles. The van der Waals surface area contributed by atoms with Gasteiger partial charge in [-0.2, -0.15) is 5.10 Å². The van der Waals surface area contributed by atoms with Crippen molar-refractivity contribution in [2.45, 2.75) is 25.2 Å². The molecule has 4 rings (SSSR count). The van der Waals surface area contributed by atoms with Crippen molar-refractivity contribution in [1.82, 2.24) is 10.2 Å². The van der Waals surface area contributed by atoms with E-state index < -0.39 is 0 Å². The summed E-state index contributed by atoms with van der Waals surface area (Å²) in [5.74, 6) is 0.185. The lowest BCUT2D eigenvalue weighted by Crippen LogP contribution is -2.13. The second-order valence-electron chi connectivity index (χ2n) is 6.27. The van der Waals surface area contributed by atoms with Gasteiger partial charge in [0.05, 0.1) is 17.1 Å². The van der Waals surface area contributed by atoms with Gasteiger partial charge in [-0.1, -0.05) is 48.0 Å². The van der Waals surface area contributed by atoms with Gasteiger partial charge in [0, 0.05) is 16.5 Å². The Morgan fingerprint density at radius 3 is 2.76 bits per heavy atom. The fourth-order valence-electron chi connectivity index (χ4n) is 3.68. The summed E-state index contributed by atoms with van der Waals surface area (Å²) >= 11 is 5.99. The Labute approximate surface area is 151 Å². The molecule has 1 atom stereocenters. The van der Waals surface area contributed by atoms with Crippen molar-refractivity contribution in [2.24, 2.45) is 0 Å². The van der Waals surface area contributed by atoms with Gasteiger partial charge >= 0.3 is 0 Å². The van der Waals surface area contributed by atoms with E-state index in [4.69, 9.17) is 11.6 Å². The largest absolute Gasteiger partial charge is 0.325 e. The van der Waals surface area contributed by atoms with E-state index in [1.807, 2.05) is 24.3 Å². The highest BCUT2D eigenvalue weighted by molar-refractivity contribution is 6.30. The van der Waals surface area contributed by atoms with Gasteiger partial charge in [-0.05, 0) is 42.5 Å². The molecule has 126 valence electrons. The molecule has 1 amide bonds. The molecule has 0 radical (unpaired) electrons. The molecule has 0 aliphatic heterocycles. The topological polar surface area (TPSA) is 57.8 Å². The van der Waals surface area contributed by atoms with Gasteiger partial charge in [0.1, 0.15) is 0 Å². The number of rotatable bonds is 4. The van der Waals surface area contributed by atoms with Crippen LogP contribution in [0.1, 0.15) is 35.6 Å². The third-order valence-electron chi connectivity index (χ3n) is 4.83. The number of fused-ring (bicyclic) bond motifs is 1. The maximum absolute atomic E-state index is 11.2. The molecular weight excluding hydrogens is 334 g/mol. The number of halogens is 1. The standard InChI is InChI=1S/C20H18ClN3O/c21-15-10-8-14(9-11-15)18-20(22-12-25)19(24-23-18)17-7-3-5-13-4-1-2-6-16(13)17/h1-2,4,6,8-12,17H,3,5,7H2,(H,22,25)(H,23,24). The maximum atomic E-state index is 11.2. The number of H-pyrrole nitrogens is 1. The fraction of sp³-hybridized carbons (Fsp3) is 0.200. The number of hydrogen-bond acceptors (Lipinski definition) is 2. The normalized spacial score (nSPS) is 16.3. The Bertz CT molecular complexity index is 902. The lowest BCUT2D eigenvalue weighted by Gasteiger charge is -2.24. The minimum Gasteiger partial charge on any atom is -0.325 e. The van der Waals surface area contributed by atoms with Crippen molar-refractivity contribution < 1.29 is 4.79 Å². The molecule has 0 fully saturated rings. The molecule has 0 saturated carbocycles. The minimum atomic E-state index is 0.185. The van der Waals surface area contributed by atoms with Crippen molar-refractivity contribution in [3.05, 3.63) is 70.4 Å². The highest BCUT2D eigenvalue weighted by Crippen LogP contribution is 2.41. The molecule has 2 aromatic carbocycles. The lowest BCUT2D eigenvalue weighted by molar-refractivity contribution is -0.105. The van der Waals surface area contributed by atoms with Gasteiger partial charge in [-0.3, -0.25) is 9.89 Å². The second-order valence-corrected chi connectivity index (χ2v) is 6.71. The van der Waals surface area contributed by atoms with E-state index in [1.54, 1.807) is 0 Å². The van der Waals surface area contributed by atoms with Crippen molar-refractivity contribution >= 4 is 23.7 Å². The molecule has 1 aromatic heterocycles. The number of nitrogens with one attached hydrogen (secondary N) is 2. The zero-order valence-corrected chi connectivity index (χ0v) is 14.4. The number of aromatic nitrogens is 2. The third-order valence-corrected chi connectivity index (χ3v) is 5.08. The van der Waals surface area contributed by atoms with Crippen molar-refractivity contribution in [3.63, 3.8) is 0 Å². The average molecular weight is 352 g/mol. The minimum absolute atomic E-state index is 0.185. The molecule has 5 heteroatoms. The van der Waals surface area contributed by atoms with Crippen LogP contribution in [0.15, 0.2) is 48.5 Å². The maximum Gasteiger partial charge on any atom is 0.211 e. The molecule has 4 nitrogen and oxygen atoms in total. The van der Waals surface area contributed by atoms with Crippen LogP contribution in [0.2, 0.25) is 5.02 Å². The van der Waals surface area contributed by atoms with Crippen LogP contribution in [-0.4, -0.2) is 16.6 Å². The number of aryl methyl sites for hydroxylation is 1. The Morgan fingerprint density at radius 2 is 1.96 bits per heavy atom. The number of carbonyl (C=O) groups is 1. The Kier molecular flexibility index (Phi) is 4.28. The van der Waals surface area contributed by atoms with Crippen LogP contribution in [0.4, 0.5) is 5.69 Å². The van der Waals surface area contributed by atoms with E-state index in [0.717, 1.165) is 41.9 Å². The second kappa shape index (κ2) is 6.73. The predicted molar refractivity (Wildman–Crippen MR) is 99.9 cm³/mol. The molecular formula is C20H18ClN3O. The summed E-state index contributed by atoms with van der Waals surface area (Å²) in [6, 6.07) is 16.0. The summed E-state index contributed by atoms with van der Waals surface area (Å²) in [4.78, 5) is 11.2. The van der Waals surface area contributed by atoms with E-state index in [0.29, 0.717) is 11.4 Å². The van der Waals surface area contributed by atoms with Crippen LogP contribution >= 0.6 is 11.6 Å². The van der Waals surface area contributed by atoms with Gasteiger partial charge in [-0.25, -0.2) is 0 Å². The smallest absolute Gasteiger partial charge is 0.211 e. The highest BCUT2D eigenvalue weighted by Gasteiger charge is 2.27. The highest BCUT2D eigenvalue weighted by atomic mass is 35.5. The molecule has 0 bridgehead atoms. The molecule has 1 aliphatic carbocycles. The van der Waals surface area contributed by atoms with E-state index in [1.165, 1.54) is 11.1 Å². The zero-order valence-electron chi connectivity index (χ0n) is 13.6. The van der Waals surface area contributed by atoms with Crippen molar-refractivity contribution in [3.8, 4) is 11.3 Å². The summed E-state index contributed by atoms with van der Waals surface area (Å²) in [7, 11) is 0. The molecule has 25 heavy (non-hydrogen) atoms. The van der Waals surface area contributed by atoms with Crippen molar-refractivity contribution in [2.75, 3.05) is 5.32 Å². The Hall–Kier alpha value is -2.59. The Balaban J connectivity index is 1.81. The number of aromatic amines is 1. The average Bonchev–Trinajstić information content (AvgIpc) is 3.06. The van der Waals surface area contributed by atoms with Crippen LogP contribution in [0, 0.1) is 0 Å².